The van der Waals surface area contributed by atoms with Crippen LogP contribution in [0, 0.1) is 5.92 Å². The number of hydrogen-bond acceptors (Lipinski definition) is 9. The molecule has 8 rings (SSSR count). The molecule has 1 aromatic carbocycles. The van der Waals surface area contributed by atoms with Crippen molar-refractivity contribution >= 4 is 31.2 Å². The summed E-state index contributed by atoms with van der Waals surface area (Å²) in [6, 6.07) is 4.02. The summed E-state index contributed by atoms with van der Waals surface area (Å²) in [5.41, 5.74) is -0.748. The maximum absolute atomic E-state index is 14.6. The number of carbonyl (C=O) groups excluding carboxylic acids is 2. The number of amides is 1. The van der Waals surface area contributed by atoms with Gasteiger partial charge in [-0.1, -0.05) is 34.6 Å². The number of aromatic nitrogens is 1. The fourth-order valence-electron chi connectivity index (χ4n) is 9.59. The highest BCUT2D eigenvalue weighted by atomic mass is 28.4. The fourth-order valence-corrected chi connectivity index (χ4v) is 11.0. The van der Waals surface area contributed by atoms with E-state index in [1.54, 1.807) is 11.7 Å². The summed E-state index contributed by atoms with van der Waals surface area (Å²) in [6.45, 7) is 27.3. The van der Waals surface area contributed by atoms with Crippen molar-refractivity contribution in [1.82, 2.24) is 14.8 Å². The van der Waals surface area contributed by atoms with Crippen LogP contribution in [0.1, 0.15) is 93.3 Å². The summed E-state index contributed by atoms with van der Waals surface area (Å²) in [5, 5.41) is 4.47. The van der Waals surface area contributed by atoms with Crippen LogP contribution < -0.4 is 14.8 Å². The van der Waals surface area contributed by atoms with Crippen LogP contribution in [0.2, 0.25) is 18.1 Å². The number of nitrogens with zero attached hydrogens (tertiary/aromatic N) is 2. The molecule has 6 aliphatic rings. The molecule has 0 radical (unpaired) electrons. The van der Waals surface area contributed by atoms with Crippen LogP contribution >= 0.6 is 0 Å². The van der Waals surface area contributed by atoms with Crippen molar-refractivity contribution in [3.8, 4) is 11.5 Å². The maximum Gasteiger partial charge on any atom is 0.419 e. The van der Waals surface area contributed by atoms with Crippen molar-refractivity contribution in [3.05, 3.63) is 23.4 Å². The highest BCUT2D eigenvalue weighted by molar-refractivity contribution is 6.74. The van der Waals surface area contributed by atoms with Crippen molar-refractivity contribution in [3.63, 3.8) is 0 Å². The molecule has 12 heteroatoms. The minimum atomic E-state index is -2.19. The van der Waals surface area contributed by atoms with Gasteiger partial charge in [0.1, 0.15) is 41.8 Å². The predicted molar refractivity (Wildman–Crippen MR) is 197 cm³/mol. The lowest BCUT2D eigenvalue weighted by atomic mass is 9.51. The molecule has 1 aliphatic carbocycles. The highest BCUT2D eigenvalue weighted by Crippen LogP contribution is 2.60. The largest absolute Gasteiger partial charge is 0.485 e. The van der Waals surface area contributed by atoms with Gasteiger partial charge in [-0.25, -0.2) is 9.36 Å². The Hall–Kier alpha value is -2.64. The zero-order valence-electron chi connectivity index (χ0n) is 33.0. The van der Waals surface area contributed by atoms with Gasteiger partial charge in [-0.15, -0.1) is 0 Å². The first kappa shape index (κ1) is 36.7. The smallest absolute Gasteiger partial charge is 0.419 e. The van der Waals surface area contributed by atoms with Gasteiger partial charge in [0.25, 0.3) is 0 Å². The molecule has 2 aromatic rings. The van der Waals surface area contributed by atoms with Gasteiger partial charge >= 0.3 is 6.09 Å². The zero-order valence-corrected chi connectivity index (χ0v) is 34.0. The number of rotatable bonds is 5. The van der Waals surface area contributed by atoms with Gasteiger partial charge in [0.05, 0.1) is 11.6 Å². The van der Waals surface area contributed by atoms with Crippen molar-refractivity contribution in [1.29, 1.82) is 0 Å². The molecule has 282 valence electrons. The predicted octanol–water partition coefficient (Wildman–Crippen LogP) is 6.52. The van der Waals surface area contributed by atoms with Gasteiger partial charge in [-0.3, -0.25) is 9.69 Å². The molecule has 0 saturated carbocycles. The molecule has 2 spiro atoms. The van der Waals surface area contributed by atoms with Crippen LogP contribution in [0.25, 0.3) is 10.9 Å². The van der Waals surface area contributed by atoms with Crippen LogP contribution in [0.4, 0.5) is 4.79 Å². The molecule has 4 saturated heterocycles. The molecule has 1 aromatic heterocycles. The maximum atomic E-state index is 14.6. The van der Waals surface area contributed by atoms with E-state index in [9.17, 15) is 9.59 Å². The van der Waals surface area contributed by atoms with Gasteiger partial charge in [0, 0.05) is 36.7 Å². The Morgan fingerprint density at radius 1 is 1.08 bits per heavy atom. The second kappa shape index (κ2) is 11.4. The summed E-state index contributed by atoms with van der Waals surface area (Å²) < 4.78 is 40.0. The number of ether oxygens (including phenoxy) is 5. The second-order valence-electron chi connectivity index (χ2n) is 19.3. The third kappa shape index (κ3) is 5.40. The number of hydrogen-bond donors (Lipinski definition) is 1. The topological polar surface area (TPSA) is 110 Å². The van der Waals surface area contributed by atoms with Crippen LogP contribution in [0.15, 0.2) is 12.1 Å². The Bertz CT molecular complexity index is 1770. The van der Waals surface area contributed by atoms with Gasteiger partial charge in [-0.2, -0.15) is 0 Å². The number of piperidine rings is 2. The van der Waals surface area contributed by atoms with E-state index < -0.39 is 42.1 Å². The Morgan fingerprint density at radius 2 is 1.78 bits per heavy atom. The van der Waals surface area contributed by atoms with E-state index >= 15 is 0 Å². The van der Waals surface area contributed by atoms with Gasteiger partial charge in [-0.05, 0) is 95.6 Å². The van der Waals surface area contributed by atoms with Crippen LogP contribution in [-0.4, -0.2) is 97.9 Å². The first-order valence-corrected chi connectivity index (χ1v) is 21.5. The monoisotopic (exact) mass is 725 g/mol. The molecule has 5 atom stereocenters. The molecule has 2 bridgehead atoms. The van der Waals surface area contributed by atoms with Gasteiger partial charge in [0.2, 0.25) is 5.91 Å². The van der Waals surface area contributed by atoms with Gasteiger partial charge < -0.3 is 33.4 Å². The van der Waals surface area contributed by atoms with Crippen LogP contribution in [0.5, 0.6) is 11.5 Å². The van der Waals surface area contributed by atoms with Crippen LogP contribution in [-0.2, 0) is 35.3 Å². The molecule has 1 N–H and O–H groups in total. The SMILES string of the molecule is COCO[C@H]1CCN2C[C@]34Cc5c(n(C(=O)OC(C)(C)C)c6c7c(ccc56)OC(C)(C)C(O[Si](C)(C)C(C)(C)C)CO7)C(C)(C)[C@@H]3C[C@]12C(=O)N4. The van der Waals surface area contributed by atoms with E-state index in [1.165, 1.54) is 0 Å². The molecule has 1 amide bonds. The normalized spacial score (nSPS) is 31.1. The number of piperazine rings is 1. The van der Waals surface area contributed by atoms with Crippen LogP contribution in [0.3, 0.4) is 0 Å². The van der Waals surface area contributed by atoms with E-state index in [0.29, 0.717) is 36.4 Å². The van der Waals surface area contributed by atoms with Crippen molar-refractivity contribution < 1.29 is 37.7 Å². The third-order valence-electron chi connectivity index (χ3n) is 13.0. The number of fused-ring (bicyclic) bond motifs is 6. The summed E-state index contributed by atoms with van der Waals surface area (Å²) in [4.78, 5) is 31.2. The average Bonchev–Trinajstić information content (AvgIpc) is 3.48. The lowest BCUT2D eigenvalue weighted by molar-refractivity contribution is -0.183. The van der Waals surface area contributed by atoms with Gasteiger partial charge in [0.15, 0.2) is 19.8 Å². The molecular weight excluding hydrogens is 667 g/mol. The number of nitrogens with one attached hydrogen (secondary N) is 1. The Kier molecular flexibility index (Phi) is 8.23. The third-order valence-corrected chi connectivity index (χ3v) is 17.5. The second-order valence-corrected chi connectivity index (χ2v) is 24.0. The Labute approximate surface area is 304 Å². The summed E-state index contributed by atoms with van der Waals surface area (Å²) in [5.74, 6) is 1.12. The number of carbonyl (C=O) groups is 2. The average molecular weight is 726 g/mol. The number of benzene rings is 1. The Morgan fingerprint density at radius 3 is 2.43 bits per heavy atom. The molecule has 5 aliphatic heterocycles. The van der Waals surface area contributed by atoms with E-state index in [4.69, 9.17) is 28.1 Å². The quantitative estimate of drug-likeness (QED) is 0.272. The highest BCUT2D eigenvalue weighted by Gasteiger charge is 2.72. The Balaban J connectivity index is 1.39. The van der Waals surface area contributed by atoms with E-state index in [0.717, 1.165) is 29.6 Å². The number of methoxy groups -OCH3 is 1. The van der Waals surface area contributed by atoms with E-state index in [2.05, 4.69) is 64.0 Å². The lowest BCUT2D eigenvalue weighted by Crippen LogP contribution is -2.84. The first-order valence-electron chi connectivity index (χ1n) is 18.6. The lowest BCUT2D eigenvalue weighted by Gasteiger charge is -2.66. The molecule has 51 heavy (non-hydrogen) atoms. The van der Waals surface area contributed by atoms with E-state index in [1.807, 2.05) is 40.7 Å². The first-order chi connectivity index (χ1) is 23.5. The summed E-state index contributed by atoms with van der Waals surface area (Å²) in [7, 11) is -0.585. The molecule has 6 heterocycles. The fraction of sp³-hybridized carbons (Fsp3) is 0.744. The van der Waals surface area contributed by atoms with Crippen molar-refractivity contribution in [2.45, 2.75) is 147 Å². The molecular formula is C39H59N3O8Si. The minimum absolute atomic E-state index is 0.000961. The summed E-state index contributed by atoms with van der Waals surface area (Å²) >= 11 is 0. The molecule has 4 fully saturated rings. The minimum Gasteiger partial charge on any atom is -0.485 e. The van der Waals surface area contributed by atoms with Crippen molar-refractivity contribution in [2.24, 2.45) is 5.92 Å². The summed E-state index contributed by atoms with van der Waals surface area (Å²) in [6.07, 6.45) is 0.876. The standard InChI is InChI=1S/C39H59N3O8Si/c1-34(2,3)49-33(44)42-29-23(14-15-25-30(29)46-20-28(37(9,10)48-25)50-51(12,13)35(4,5)6)24-18-38-21-41-17-16-27(47-22-45-11)39(41,32(43)40-38)19-26(38)36(7,8)31(24)42/h14-15,26-28H,16-22H2,1-13H3,(H,40,43)/t26-,27-,28?,38+,39+/m0/s1. The van der Waals surface area contributed by atoms with Crippen molar-refractivity contribution in [2.75, 3.05) is 33.6 Å². The molecule has 1 unspecified atom stereocenters. The molecule has 11 nitrogen and oxygen atoms in total. The zero-order chi connectivity index (χ0) is 37.3. The van der Waals surface area contributed by atoms with E-state index in [-0.39, 0.29) is 42.5 Å².